The summed E-state index contributed by atoms with van der Waals surface area (Å²) in [6.07, 6.45) is 3.30. The summed E-state index contributed by atoms with van der Waals surface area (Å²) in [4.78, 5) is 31.7. The van der Waals surface area contributed by atoms with Gasteiger partial charge in [-0.15, -0.1) is 0 Å². The molecule has 0 radical (unpaired) electrons. The van der Waals surface area contributed by atoms with Crippen LogP contribution in [0.4, 0.5) is 21.9 Å². The molecule has 0 spiro atoms. The average molecular weight is 496 g/mol. The summed E-state index contributed by atoms with van der Waals surface area (Å²) in [6, 6.07) is 8.07. The van der Waals surface area contributed by atoms with E-state index in [0.717, 1.165) is 43.0 Å². The quantitative estimate of drug-likeness (QED) is 0.671. The number of piperazine rings is 1. The van der Waals surface area contributed by atoms with Crippen LogP contribution in [0.25, 0.3) is 0 Å². The lowest BCUT2D eigenvalue weighted by Gasteiger charge is -2.38. The number of ether oxygens (including phenoxy) is 2. The number of nitrogens with one attached hydrogen (secondary N) is 1. The molecule has 1 aromatic rings. The van der Waals surface area contributed by atoms with Crippen LogP contribution in [0.15, 0.2) is 30.0 Å². The van der Waals surface area contributed by atoms with Gasteiger partial charge in [0.25, 0.3) is 5.91 Å². The molecule has 0 saturated carbocycles. The van der Waals surface area contributed by atoms with E-state index < -0.39 is 11.7 Å². The van der Waals surface area contributed by atoms with Crippen LogP contribution in [0.1, 0.15) is 47.0 Å². The number of nitrogens with zero attached hydrogens (tertiary/aromatic N) is 4. The Hall–Kier alpha value is -3.41. The average Bonchev–Trinajstić information content (AvgIpc) is 3.34. The van der Waals surface area contributed by atoms with Crippen LogP contribution in [-0.4, -0.2) is 67.9 Å². The molecule has 1 unspecified atom stereocenters. The largest absolute Gasteiger partial charge is 0.470 e. The van der Waals surface area contributed by atoms with Crippen molar-refractivity contribution < 1.29 is 19.1 Å². The maximum Gasteiger partial charge on any atom is 0.410 e. The molecule has 3 aliphatic rings. The Kier molecular flexibility index (Phi) is 7.62. The first-order valence-electron chi connectivity index (χ1n) is 12.8. The number of piperidine rings is 1. The fourth-order valence-corrected chi connectivity index (χ4v) is 4.72. The second-order valence-corrected chi connectivity index (χ2v) is 10.8. The highest BCUT2D eigenvalue weighted by Crippen LogP contribution is 2.35. The molecule has 0 aromatic heterocycles. The molecule has 194 valence electrons. The van der Waals surface area contributed by atoms with Crippen molar-refractivity contribution in [3.05, 3.63) is 30.0 Å². The molecule has 3 aliphatic heterocycles. The number of carbonyl (C=O) groups is 2. The van der Waals surface area contributed by atoms with Crippen LogP contribution in [0.3, 0.4) is 0 Å². The molecule has 1 N–H and O–H groups in total. The molecule has 2 saturated heterocycles. The molecule has 0 aliphatic carbocycles. The first-order chi connectivity index (χ1) is 17.1. The van der Waals surface area contributed by atoms with E-state index in [1.54, 1.807) is 11.0 Å². The Morgan fingerprint density at radius 2 is 1.78 bits per heavy atom. The van der Waals surface area contributed by atoms with Gasteiger partial charge in [-0.1, -0.05) is 6.92 Å². The number of anilines is 3. The molecular weight excluding hydrogens is 458 g/mol. The topological polar surface area (TPSA) is 98.1 Å². The molecule has 1 aromatic carbocycles. The van der Waals surface area contributed by atoms with Crippen LogP contribution in [0, 0.1) is 17.2 Å². The minimum Gasteiger partial charge on any atom is -0.470 e. The number of amides is 2. The monoisotopic (exact) mass is 495 g/mol. The van der Waals surface area contributed by atoms with Gasteiger partial charge in [0.1, 0.15) is 11.7 Å². The summed E-state index contributed by atoms with van der Waals surface area (Å²) in [5.41, 5.74) is 2.30. The first kappa shape index (κ1) is 25.7. The minimum atomic E-state index is -0.686. The number of nitriles is 1. The molecule has 3 heterocycles. The zero-order chi connectivity index (χ0) is 25.9. The normalized spacial score (nSPS) is 20.9. The highest BCUT2D eigenvalue weighted by molar-refractivity contribution is 5.98. The SMILES string of the molecule is CC1CCN(c2cc(N3CCN(C(=O)OC(C)(C)C)CC3)ccc2NC(=O)C2CC=C(C#N)O2)CC1. The van der Waals surface area contributed by atoms with Crippen molar-refractivity contribution in [3.8, 4) is 6.07 Å². The standard InChI is InChI=1S/C27H37N5O4/c1-19-9-11-31(12-10-19)23-17-20(30-13-15-32(16-14-30)26(34)36-27(2,3)4)5-7-22(23)29-25(33)24-8-6-21(18-28)35-24/h5-7,17,19,24H,8-16H2,1-4H3,(H,29,33). The Balaban J connectivity index is 1.47. The number of allylic oxidation sites excluding steroid dienone is 1. The predicted molar refractivity (Wildman–Crippen MR) is 139 cm³/mol. The van der Waals surface area contributed by atoms with E-state index in [9.17, 15) is 9.59 Å². The van der Waals surface area contributed by atoms with E-state index in [1.165, 1.54) is 0 Å². The number of benzene rings is 1. The third-order valence-corrected chi connectivity index (χ3v) is 6.85. The maximum absolute atomic E-state index is 12.9. The van der Waals surface area contributed by atoms with Crippen LogP contribution in [-0.2, 0) is 14.3 Å². The van der Waals surface area contributed by atoms with Gasteiger partial charge >= 0.3 is 6.09 Å². The minimum absolute atomic E-state index is 0.196. The smallest absolute Gasteiger partial charge is 0.410 e. The molecular formula is C27H37N5O4. The summed E-state index contributed by atoms with van der Waals surface area (Å²) in [5.74, 6) is 0.633. The van der Waals surface area contributed by atoms with E-state index in [0.29, 0.717) is 38.5 Å². The van der Waals surface area contributed by atoms with E-state index in [4.69, 9.17) is 14.7 Å². The Bertz CT molecular complexity index is 1040. The Morgan fingerprint density at radius 3 is 2.39 bits per heavy atom. The van der Waals surface area contributed by atoms with Crippen molar-refractivity contribution in [1.82, 2.24) is 4.90 Å². The van der Waals surface area contributed by atoms with Gasteiger partial charge in [0.05, 0.1) is 11.4 Å². The predicted octanol–water partition coefficient (Wildman–Crippen LogP) is 4.11. The van der Waals surface area contributed by atoms with Crippen molar-refractivity contribution in [1.29, 1.82) is 5.26 Å². The number of carbonyl (C=O) groups excluding carboxylic acids is 2. The third kappa shape index (κ3) is 6.23. The Labute approximate surface area is 213 Å². The third-order valence-electron chi connectivity index (χ3n) is 6.85. The summed E-state index contributed by atoms with van der Waals surface area (Å²) in [7, 11) is 0. The van der Waals surface area contributed by atoms with Crippen LogP contribution < -0.4 is 15.1 Å². The summed E-state index contributed by atoms with van der Waals surface area (Å²) in [5, 5.41) is 12.1. The van der Waals surface area contributed by atoms with Crippen molar-refractivity contribution in [2.75, 3.05) is 54.4 Å². The number of rotatable bonds is 4. The maximum atomic E-state index is 12.9. The van der Waals surface area contributed by atoms with Crippen molar-refractivity contribution in [2.45, 2.75) is 58.7 Å². The van der Waals surface area contributed by atoms with Gasteiger partial charge in [0.2, 0.25) is 0 Å². The summed E-state index contributed by atoms with van der Waals surface area (Å²) < 4.78 is 11.0. The molecule has 9 nitrogen and oxygen atoms in total. The van der Waals surface area contributed by atoms with Gasteiger partial charge in [0.15, 0.2) is 11.9 Å². The fourth-order valence-electron chi connectivity index (χ4n) is 4.72. The molecule has 1 atom stereocenters. The van der Waals surface area contributed by atoms with E-state index in [-0.39, 0.29) is 17.8 Å². The van der Waals surface area contributed by atoms with Crippen LogP contribution in [0.2, 0.25) is 0 Å². The number of hydrogen-bond acceptors (Lipinski definition) is 7. The van der Waals surface area contributed by atoms with Crippen LogP contribution >= 0.6 is 0 Å². The highest BCUT2D eigenvalue weighted by Gasteiger charge is 2.29. The Morgan fingerprint density at radius 1 is 1.08 bits per heavy atom. The molecule has 36 heavy (non-hydrogen) atoms. The van der Waals surface area contributed by atoms with Crippen LogP contribution in [0.5, 0.6) is 0 Å². The fraction of sp³-hybridized carbons (Fsp3) is 0.593. The van der Waals surface area contributed by atoms with Crippen molar-refractivity contribution in [2.24, 2.45) is 5.92 Å². The zero-order valence-electron chi connectivity index (χ0n) is 21.7. The lowest BCUT2D eigenvalue weighted by Crippen LogP contribution is -2.50. The van der Waals surface area contributed by atoms with Crippen molar-refractivity contribution in [3.63, 3.8) is 0 Å². The first-order valence-corrected chi connectivity index (χ1v) is 12.8. The second kappa shape index (κ2) is 10.7. The molecule has 2 fully saturated rings. The lowest BCUT2D eigenvalue weighted by atomic mass is 9.98. The summed E-state index contributed by atoms with van der Waals surface area (Å²) in [6.45, 7) is 12.4. The highest BCUT2D eigenvalue weighted by atomic mass is 16.6. The summed E-state index contributed by atoms with van der Waals surface area (Å²) >= 11 is 0. The van der Waals surface area contributed by atoms with Gasteiger partial charge in [-0.2, -0.15) is 5.26 Å². The van der Waals surface area contributed by atoms with Gasteiger partial charge in [0, 0.05) is 51.4 Å². The lowest BCUT2D eigenvalue weighted by molar-refractivity contribution is -0.123. The van der Waals surface area contributed by atoms with Gasteiger partial charge in [-0.3, -0.25) is 4.79 Å². The van der Waals surface area contributed by atoms with E-state index in [1.807, 2.05) is 39.0 Å². The van der Waals surface area contributed by atoms with E-state index in [2.05, 4.69) is 28.1 Å². The molecule has 2 amide bonds. The second-order valence-electron chi connectivity index (χ2n) is 10.8. The van der Waals surface area contributed by atoms with Gasteiger partial charge < -0.3 is 29.5 Å². The van der Waals surface area contributed by atoms with Crippen molar-refractivity contribution >= 4 is 29.1 Å². The number of hydrogen-bond donors (Lipinski definition) is 1. The van der Waals surface area contributed by atoms with E-state index >= 15 is 0 Å². The molecule has 0 bridgehead atoms. The molecule has 9 heteroatoms. The molecule has 4 rings (SSSR count). The van der Waals surface area contributed by atoms with Gasteiger partial charge in [-0.05, 0) is 63.8 Å². The zero-order valence-corrected chi connectivity index (χ0v) is 21.7. The van der Waals surface area contributed by atoms with Gasteiger partial charge in [-0.25, -0.2) is 4.79 Å².